The van der Waals surface area contributed by atoms with Gasteiger partial charge in [0, 0.05) is 17.7 Å². The first-order chi connectivity index (χ1) is 9.50. The highest BCUT2D eigenvalue weighted by molar-refractivity contribution is 6.00. The van der Waals surface area contributed by atoms with Gasteiger partial charge in [-0.05, 0) is 18.2 Å². The van der Waals surface area contributed by atoms with E-state index in [4.69, 9.17) is 15.6 Å². The molecule has 20 heavy (non-hydrogen) atoms. The predicted octanol–water partition coefficient (Wildman–Crippen LogP) is -0.289. The Morgan fingerprint density at radius 3 is 2.65 bits per heavy atom. The SMILES string of the molecule is NC(=O)c1cccc(C(=O)N2CCOC[C@@H]2C(=O)O)c1. The molecule has 106 valence electrons. The Bertz CT molecular complexity index is 557. The molecule has 1 aliphatic heterocycles. The summed E-state index contributed by atoms with van der Waals surface area (Å²) in [5.74, 6) is -2.22. The number of primary amides is 1. The van der Waals surface area contributed by atoms with Gasteiger partial charge in [-0.3, -0.25) is 9.59 Å². The van der Waals surface area contributed by atoms with Crippen LogP contribution in [0, 0.1) is 0 Å². The zero-order valence-electron chi connectivity index (χ0n) is 10.6. The summed E-state index contributed by atoms with van der Waals surface area (Å²) in [5, 5.41) is 9.10. The standard InChI is InChI=1S/C13H14N2O5/c14-11(16)8-2-1-3-9(6-8)12(17)15-4-5-20-7-10(15)13(18)19/h1-3,6,10H,4-5,7H2,(H2,14,16)(H,18,19)/t10-/m1/s1. The fraction of sp³-hybridized carbons (Fsp3) is 0.308. The summed E-state index contributed by atoms with van der Waals surface area (Å²) in [6.07, 6.45) is 0. The van der Waals surface area contributed by atoms with Crippen LogP contribution < -0.4 is 5.73 Å². The van der Waals surface area contributed by atoms with Gasteiger partial charge in [-0.1, -0.05) is 6.07 Å². The number of benzene rings is 1. The highest BCUT2D eigenvalue weighted by atomic mass is 16.5. The lowest BCUT2D eigenvalue weighted by Gasteiger charge is -2.32. The Morgan fingerprint density at radius 2 is 2.00 bits per heavy atom. The minimum absolute atomic E-state index is 0.0451. The number of carbonyl (C=O) groups is 3. The Labute approximate surface area is 114 Å². The first kappa shape index (κ1) is 14.0. The Morgan fingerprint density at radius 1 is 1.30 bits per heavy atom. The molecule has 0 spiro atoms. The summed E-state index contributed by atoms with van der Waals surface area (Å²) < 4.78 is 5.07. The highest BCUT2D eigenvalue weighted by Gasteiger charge is 2.33. The molecule has 7 nitrogen and oxygen atoms in total. The van der Waals surface area contributed by atoms with Crippen LogP contribution in [0.2, 0.25) is 0 Å². The maximum Gasteiger partial charge on any atom is 0.328 e. The van der Waals surface area contributed by atoms with Gasteiger partial charge in [0.2, 0.25) is 5.91 Å². The molecule has 2 rings (SSSR count). The van der Waals surface area contributed by atoms with E-state index in [0.717, 1.165) is 0 Å². The molecule has 3 N–H and O–H groups in total. The number of rotatable bonds is 3. The molecule has 1 aromatic rings. The zero-order chi connectivity index (χ0) is 14.7. The third-order valence-corrected chi connectivity index (χ3v) is 3.07. The Kier molecular flexibility index (Phi) is 3.99. The number of ether oxygens (including phenoxy) is 1. The van der Waals surface area contributed by atoms with Crippen molar-refractivity contribution in [1.29, 1.82) is 0 Å². The van der Waals surface area contributed by atoms with E-state index in [-0.39, 0.29) is 30.9 Å². The zero-order valence-corrected chi connectivity index (χ0v) is 10.6. The summed E-state index contributed by atoms with van der Waals surface area (Å²) in [6, 6.07) is 4.88. The fourth-order valence-corrected chi connectivity index (χ4v) is 2.02. The molecule has 1 heterocycles. The quantitative estimate of drug-likeness (QED) is 0.789. The number of hydrogen-bond donors (Lipinski definition) is 2. The first-order valence-corrected chi connectivity index (χ1v) is 6.02. The van der Waals surface area contributed by atoms with Gasteiger partial charge in [0.1, 0.15) is 0 Å². The average Bonchev–Trinajstić information content (AvgIpc) is 2.46. The van der Waals surface area contributed by atoms with E-state index in [9.17, 15) is 14.4 Å². The van der Waals surface area contributed by atoms with Crippen molar-refractivity contribution in [2.45, 2.75) is 6.04 Å². The summed E-state index contributed by atoms with van der Waals surface area (Å²) in [5.41, 5.74) is 5.59. The van der Waals surface area contributed by atoms with Crippen LogP contribution in [0.15, 0.2) is 24.3 Å². The van der Waals surface area contributed by atoms with Crippen LogP contribution >= 0.6 is 0 Å². The first-order valence-electron chi connectivity index (χ1n) is 6.02. The maximum atomic E-state index is 12.3. The van der Waals surface area contributed by atoms with Crippen molar-refractivity contribution in [3.8, 4) is 0 Å². The molecule has 1 fully saturated rings. The topological polar surface area (TPSA) is 110 Å². The van der Waals surface area contributed by atoms with E-state index in [1.165, 1.54) is 29.2 Å². The van der Waals surface area contributed by atoms with Crippen LogP contribution in [0.1, 0.15) is 20.7 Å². The number of carboxylic acid groups (broad SMARTS) is 1. The Hall–Kier alpha value is -2.41. The van der Waals surface area contributed by atoms with E-state index in [2.05, 4.69) is 0 Å². The predicted molar refractivity (Wildman–Crippen MR) is 68.2 cm³/mol. The van der Waals surface area contributed by atoms with Crippen molar-refractivity contribution in [2.24, 2.45) is 5.73 Å². The molecule has 2 amide bonds. The number of aliphatic carboxylic acids is 1. The molecular formula is C13H14N2O5. The summed E-state index contributed by atoms with van der Waals surface area (Å²) >= 11 is 0. The van der Waals surface area contributed by atoms with Crippen molar-refractivity contribution in [3.63, 3.8) is 0 Å². The molecule has 0 saturated carbocycles. The minimum atomic E-state index is -1.12. The van der Waals surface area contributed by atoms with Gasteiger partial charge in [-0.2, -0.15) is 0 Å². The molecule has 1 aromatic carbocycles. The molecule has 1 saturated heterocycles. The minimum Gasteiger partial charge on any atom is -0.480 e. The smallest absolute Gasteiger partial charge is 0.328 e. The third kappa shape index (κ3) is 2.77. The van der Waals surface area contributed by atoms with E-state index in [1.807, 2.05) is 0 Å². The molecule has 1 aliphatic rings. The molecule has 0 aromatic heterocycles. The van der Waals surface area contributed by atoms with Crippen LogP contribution in [-0.4, -0.2) is 53.6 Å². The van der Waals surface area contributed by atoms with E-state index >= 15 is 0 Å². The second kappa shape index (κ2) is 5.70. The van der Waals surface area contributed by atoms with Gasteiger partial charge in [0.15, 0.2) is 6.04 Å². The third-order valence-electron chi connectivity index (χ3n) is 3.07. The Balaban J connectivity index is 2.27. The van der Waals surface area contributed by atoms with Gasteiger partial charge in [-0.15, -0.1) is 0 Å². The van der Waals surface area contributed by atoms with Crippen LogP contribution in [-0.2, 0) is 9.53 Å². The highest BCUT2D eigenvalue weighted by Crippen LogP contribution is 2.14. The van der Waals surface area contributed by atoms with Gasteiger partial charge in [0.25, 0.3) is 5.91 Å². The summed E-state index contributed by atoms with van der Waals surface area (Å²) in [4.78, 5) is 35.8. The summed E-state index contributed by atoms with van der Waals surface area (Å²) in [7, 11) is 0. The normalized spacial score (nSPS) is 18.6. The fourth-order valence-electron chi connectivity index (χ4n) is 2.02. The van der Waals surface area contributed by atoms with E-state index < -0.39 is 23.8 Å². The number of nitrogens with zero attached hydrogens (tertiary/aromatic N) is 1. The van der Waals surface area contributed by atoms with Gasteiger partial charge in [-0.25, -0.2) is 4.79 Å². The van der Waals surface area contributed by atoms with Crippen molar-refractivity contribution in [1.82, 2.24) is 4.90 Å². The van der Waals surface area contributed by atoms with Crippen molar-refractivity contribution < 1.29 is 24.2 Å². The number of hydrogen-bond acceptors (Lipinski definition) is 4. The largest absolute Gasteiger partial charge is 0.480 e. The monoisotopic (exact) mass is 278 g/mol. The molecule has 7 heteroatoms. The van der Waals surface area contributed by atoms with Crippen LogP contribution in [0.25, 0.3) is 0 Å². The van der Waals surface area contributed by atoms with E-state index in [0.29, 0.717) is 0 Å². The lowest BCUT2D eigenvalue weighted by atomic mass is 10.1. The second-order valence-corrected chi connectivity index (χ2v) is 4.37. The second-order valence-electron chi connectivity index (χ2n) is 4.37. The van der Waals surface area contributed by atoms with Gasteiger partial charge >= 0.3 is 5.97 Å². The number of amides is 2. The summed E-state index contributed by atoms with van der Waals surface area (Å²) in [6.45, 7) is 0.429. The molecule has 1 atom stereocenters. The molecule has 0 aliphatic carbocycles. The average molecular weight is 278 g/mol. The lowest BCUT2D eigenvalue weighted by molar-refractivity contribution is -0.147. The number of nitrogens with two attached hydrogens (primary N) is 1. The van der Waals surface area contributed by atoms with Crippen molar-refractivity contribution >= 4 is 17.8 Å². The van der Waals surface area contributed by atoms with Crippen molar-refractivity contribution in [3.05, 3.63) is 35.4 Å². The lowest BCUT2D eigenvalue weighted by Crippen LogP contribution is -2.52. The molecular weight excluding hydrogens is 264 g/mol. The van der Waals surface area contributed by atoms with Crippen molar-refractivity contribution in [2.75, 3.05) is 19.8 Å². The van der Waals surface area contributed by atoms with Gasteiger partial charge < -0.3 is 20.5 Å². The number of morpholine rings is 1. The molecule has 0 bridgehead atoms. The van der Waals surface area contributed by atoms with Crippen LogP contribution in [0.5, 0.6) is 0 Å². The molecule has 0 unspecified atom stereocenters. The number of carboxylic acids is 1. The number of carbonyl (C=O) groups excluding carboxylic acids is 2. The van der Waals surface area contributed by atoms with Crippen LogP contribution in [0.3, 0.4) is 0 Å². The van der Waals surface area contributed by atoms with Gasteiger partial charge in [0.05, 0.1) is 13.2 Å². The molecule has 0 radical (unpaired) electrons. The van der Waals surface area contributed by atoms with Crippen LogP contribution in [0.4, 0.5) is 0 Å². The van der Waals surface area contributed by atoms with E-state index in [1.54, 1.807) is 0 Å². The maximum absolute atomic E-state index is 12.3.